The normalized spacial score (nSPS) is 13.3. The maximum Gasteiger partial charge on any atom is 0.314 e. The van der Waals surface area contributed by atoms with Gasteiger partial charge in [0.2, 0.25) is 0 Å². The molecule has 1 aromatic rings. The first-order chi connectivity index (χ1) is 15.1. The van der Waals surface area contributed by atoms with Gasteiger partial charge in [-0.2, -0.15) is 0 Å². The van der Waals surface area contributed by atoms with Gasteiger partial charge in [-0.1, -0.05) is 27.2 Å². The second kappa shape index (κ2) is 12.8. The predicted molar refractivity (Wildman–Crippen MR) is 146 cm³/mol. The number of benzene rings is 1. The molecule has 0 amide bonds. The molecular weight excluding hydrogens is 465 g/mol. The minimum Gasteiger partial charge on any atom is -0.491 e. The molecule has 0 aliphatic carbocycles. The highest BCUT2D eigenvalue weighted by Gasteiger charge is 2.39. The topological polar surface area (TPSA) is 54.0 Å². The van der Waals surface area contributed by atoms with E-state index in [0.29, 0.717) is 19.8 Å². The van der Waals surface area contributed by atoms with E-state index < -0.39 is 25.2 Å². The van der Waals surface area contributed by atoms with E-state index >= 15 is 0 Å². The molecule has 0 aliphatic heterocycles. The number of hydrogen-bond acceptors (Lipinski definition) is 5. The van der Waals surface area contributed by atoms with Crippen molar-refractivity contribution in [2.45, 2.75) is 91.9 Å². The monoisotopic (exact) mass is 512 g/mol. The third-order valence-electron chi connectivity index (χ3n) is 5.07. The Bertz CT molecular complexity index is 705. The highest BCUT2D eigenvalue weighted by atomic mass is 28.5. The van der Waals surface area contributed by atoms with Crippen molar-refractivity contribution < 1.29 is 22.5 Å². The summed E-state index contributed by atoms with van der Waals surface area (Å²) in [6, 6.07) is 8.41. The van der Waals surface area contributed by atoms with Crippen LogP contribution in [0.4, 0.5) is 0 Å². The second-order valence-electron chi connectivity index (χ2n) is 11.6. The lowest BCUT2D eigenvalue weighted by atomic mass is 9.80. The van der Waals surface area contributed by atoms with E-state index in [1.165, 1.54) is 0 Å². The van der Waals surface area contributed by atoms with Crippen LogP contribution in [0.1, 0.15) is 50.4 Å². The van der Waals surface area contributed by atoms with Crippen LogP contribution in [-0.2, 0) is 13.0 Å². The largest absolute Gasteiger partial charge is 0.491 e. The van der Waals surface area contributed by atoms with Gasteiger partial charge in [-0.3, -0.25) is 4.79 Å². The van der Waals surface area contributed by atoms with Crippen LogP contribution in [0, 0.1) is 5.41 Å². The van der Waals surface area contributed by atoms with Crippen molar-refractivity contribution in [2.24, 2.45) is 5.41 Å². The third kappa shape index (κ3) is 12.5. The molecule has 0 saturated heterocycles. The highest BCUT2D eigenvalue weighted by Crippen LogP contribution is 2.28. The Labute approximate surface area is 206 Å². The fourth-order valence-corrected chi connectivity index (χ4v) is 16.6. The van der Waals surface area contributed by atoms with Gasteiger partial charge in [-0.05, 0) is 89.0 Å². The average molecular weight is 513 g/mol. The first kappa shape index (κ1) is 30.3. The Kier molecular flexibility index (Phi) is 11.7. The summed E-state index contributed by atoms with van der Waals surface area (Å²) in [6.45, 7) is 23.4. The molecule has 0 unspecified atom stereocenters. The fraction of sp³-hybridized carbons (Fsp3) is 0.720. The minimum absolute atomic E-state index is 0.186. The van der Waals surface area contributed by atoms with Crippen LogP contribution in [0.3, 0.4) is 0 Å². The zero-order chi connectivity index (χ0) is 25.3. The first-order valence-electron chi connectivity index (χ1n) is 12.3. The number of carbonyl (C=O) groups is 1. The summed E-state index contributed by atoms with van der Waals surface area (Å²) in [5, 5.41) is 0. The molecular formula is C25H48O5Si3. The predicted octanol–water partition coefficient (Wildman–Crippen LogP) is 7.26. The van der Waals surface area contributed by atoms with Crippen molar-refractivity contribution in [3.63, 3.8) is 0 Å². The molecule has 0 fully saturated rings. The van der Waals surface area contributed by atoms with Crippen LogP contribution in [-0.4, -0.2) is 50.8 Å². The van der Waals surface area contributed by atoms with Crippen molar-refractivity contribution in [3.05, 3.63) is 29.8 Å². The Hall–Kier alpha value is -0.779. The number of ether oxygens (including phenoxy) is 2. The Morgan fingerprint density at radius 2 is 1.39 bits per heavy atom. The summed E-state index contributed by atoms with van der Waals surface area (Å²) >= 11 is 0. The molecule has 0 atom stereocenters. The van der Waals surface area contributed by atoms with Crippen molar-refractivity contribution in [2.75, 3.05) is 19.8 Å². The fourth-order valence-electron chi connectivity index (χ4n) is 4.07. The van der Waals surface area contributed by atoms with E-state index in [2.05, 4.69) is 52.8 Å². The number of Topliss-reactive ketones (excluding diaryl/α,β-unsaturated/α-hetero) is 1. The van der Waals surface area contributed by atoms with Crippen LogP contribution in [0.2, 0.25) is 51.9 Å². The molecule has 0 aliphatic rings. The molecule has 0 N–H and O–H groups in total. The van der Waals surface area contributed by atoms with E-state index in [1.807, 2.05) is 38.1 Å². The Morgan fingerprint density at radius 3 is 1.88 bits per heavy atom. The van der Waals surface area contributed by atoms with Crippen molar-refractivity contribution >= 4 is 31.0 Å². The molecule has 0 aromatic heterocycles. The van der Waals surface area contributed by atoms with Crippen molar-refractivity contribution in [1.29, 1.82) is 0 Å². The van der Waals surface area contributed by atoms with Crippen LogP contribution >= 0.6 is 0 Å². The van der Waals surface area contributed by atoms with Crippen molar-refractivity contribution in [3.8, 4) is 5.75 Å². The second-order valence-corrected chi connectivity index (χ2v) is 24.5. The number of carbonyl (C=O) groups excluding carboxylic acids is 1. The summed E-state index contributed by atoms with van der Waals surface area (Å²) in [5.41, 5.74) is 0.412. The molecule has 1 aromatic carbocycles. The van der Waals surface area contributed by atoms with Crippen LogP contribution < -0.4 is 4.74 Å². The maximum atomic E-state index is 12.7. The SMILES string of the molecule is CCCC(C)(C)C(=O)c1ccc(OCCOCCC[Si](C)(O[Si](C)(C)C)O[Si](C)(C)C)cc1. The summed E-state index contributed by atoms with van der Waals surface area (Å²) in [4.78, 5) is 12.7. The summed E-state index contributed by atoms with van der Waals surface area (Å²) < 4.78 is 24.7. The van der Waals surface area contributed by atoms with Gasteiger partial charge in [-0.15, -0.1) is 0 Å². The smallest absolute Gasteiger partial charge is 0.314 e. The number of ketones is 1. The molecule has 0 spiro atoms. The summed E-state index contributed by atoms with van der Waals surface area (Å²) in [6.07, 6.45) is 2.82. The molecule has 0 bridgehead atoms. The molecule has 0 saturated carbocycles. The van der Waals surface area contributed by atoms with Gasteiger partial charge >= 0.3 is 8.56 Å². The van der Waals surface area contributed by atoms with E-state index in [0.717, 1.165) is 36.6 Å². The number of rotatable bonds is 16. The number of hydrogen-bond donors (Lipinski definition) is 0. The lowest BCUT2D eigenvalue weighted by Gasteiger charge is -2.38. The lowest BCUT2D eigenvalue weighted by Crippen LogP contribution is -2.52. The highest BCUT2D eigenvalue weighted by molar-refractivity contribution is 6.87. The van der Waals surface area contributed by atoms with Crippen LogP contribution in [0.25, 0.3) is 0 Å². The standard InChI is InChI=1S/C25H48O5Si3/c1-11-17-25(2,3)24(26)22-13-15-23(16-14-22)28-20-19-27-18-12-21-33(10,29-31(4,5)6)30-32(7,8)9/h13-16H,11-12,17-21H2,1-10H3. The van der Waals surface area contributed by atoms with Gasteiger partial charge in [0.05, 0.1) is 6.61 Å². The van der Waals surface area contributed by atoms with E-state index in [-0.39, 0.29) is 11.2 Å². The molecule has 0 radical (unpaired) electrons. The summed E-state index contributed by atoms with van der Waals surface area (Å²) in [5.74, 6) is 0.946. The van der Waals surface area contributed by atoms with Gasteiger partial charge in [0, 0.05) is 17.6 Å². The Balaban J connectivity index is 2.40. The average Bonchev–Trinajstić information content (AvgIpc) is 2.64. The zero-order valence-corrected chi connectivity index (χ0v) is 25.8. The van der Waals surface area contributed by atoms with Gasteiger partial charge in [-0.25, -0.2) is 0 Å². The minimum atomic E-state index is -2.19. The third-order valence-corrected chi connectivity index (χ3v) is 14.7. The van der Waals surface area contributed by atoms with Gasteiger partial charge in [0.25, 0.3) is 0 Å². The van der Waals surface area contributed by atoms with Crippen LogP contribution in [0.15, 0.2) is 24.3 Å². The molecule has 33 heavy (non-hydrogen) atoms. The molecule has 5 nitrogen and oxygen atoms in total. The van der Waals surface area contributed by atoms with Gasteiger partial charge in [0.1, 0.15) is 12.4 Å². The van der Waals surface area contributed by atoms with Crippen molar-refractivity contribution in [1.82, 2.24) is 0 Å². The molecule has 1 rings (SSSR count). The Morgan fingerprint density at radius 1 is 0.848 bits per heavy atom. The first-order valence-corrected chi connectivity index (χ1v) is 21.7. The quantitative estimate of drug-likeness (QED) is 0.133. The lowest BCUT2D eigenvalue weighted by molar-refractivity contribution is 0.0825. The zero-order valence-electron chi connectivity index (χ0n) is 22.8. The van der Waals surface area contributed by atoms with E-state index in [1.54, 1.807) is 0 Å². The molecule has 190 valence electrons. The molecule has 8 heteroatoms. The van der Waals surface area contributed by atoms with E-state index in [9.17, 15) is 4.79 Å². The van der Waals surface area contributed by atoms with Gasteiger partial charge < -0.3 is 17.7 Å². The van der Waals surface area contributed by atoms with E-state index in [4.69, 9.17) is 17.7 Å². The van der Waals surface area contributed by atoms with Crippen LogP contribution in [0.5, 0.6) is 5.75 Å². The maximum absolute atomic E-state index is 12.7. The molecule has 0 heterocycles. The van der Waals surface area contributed by atoms with Gasteiger partial charge in [0.15, 0.2) is 22.4 Å². The summed E-state index contributed by atoms with van der Waals surface area (Å²) in [7, 11) is -5.51.